The van der Waals surface area contributed by atoms with E-state index in [2.05, 4.69) is 23.7 Å². The highest BCUT2D eigenvalue weighted by atomic mass is 16.5. The molecule has 1 atom stereocenters. The van der Waals surface area contributed by atoms with Gasteiger partial charge in [-0.3, -0.25) is 0 Å². The number of rotatable bonds is 1. The van der Waals surface area contributed by atoms with Gasteiger partial charge in [0.05, 0.1) is 6.54 Å². The molecule has 0 radical (unpaired) electrons. The molecule has 4 heteroatoms. The molecule has 0 bridgehead atoms. The summed E-state index contributed by atoms with van der Waals surface area (Å²) in [6.07, 6.45) is 3.32. The van der Waals surface area contributed by atoms with Gasteiger partial charge < -0.3 is 15.4 Å². The van der Waals surface area contributed by atoms with Crippen LogP contribution in [0.5, 0.6) is 0 Å². The lowest BCUT2D eigenvalue weighted by Crippen LogP contribution is -2.37. The molecule has 1 saturated heterocycles. The maximum absolute atomic E-state index is 5.70. The highest BCUT2D eigenvalue weighted by molar-refractivity contribution is 5.73. The Balaban J connectivity index is 1.96. The Morgan fingerprint density at radius 1 is 1.40 bits per heavy atom. The first-order valence-corrected chi connectivity index (χ1v) is 5.84. The number of ether oxygens (including phenoxy) is 1. The van der Waals surface area contributed by atoms with Gasteiger partial charge in [-0.1, -0.05) is 0 Å². The van der Waals surface area contributed by atoms with Crippen LogP contribution in [0.1, 0.15) is 33.1 Å². The first-order chi connectivity index (χ1) is 7.11. The van der Waals surface area contributed by atoms with Gasteiger partial charge in [-0.15, -0.1) is 0 Å². The first-order valence-electron chi connectivity index (χ1n) is 5.84. The molecule has 86 valence electrons. The molecule has 2 aliphatic heterocycles. The number of hydrogen-bond acceptors (Lipinski definition) is 4. The maximum Gasteiger partial charge on any atom is 0.282 e. The van der Waals surface area contributed by atoms with Crippen molar-refractivity contribution in [3.05, 3.63) is 0 Å². The Hall–Kier alpha value is -0.770. The summed E-state index contributed by atoms with van der Waals surface area (Å²) in [4.78, 5) is 6.68. The Morgan fingerprint density at radius 3 is 2.80 bits per heavy atom. The summed E-state index contributed by atoms with van der Waals surface area (Å²) >= 11 is 0. The van der Waals surface area contributed by atoms with E-state index >= 15 is 0 Å². The SMILES string of the molecule is CC(C)N1CCCC2(CC1)CN=C(N)O2. The van der Waals surface area contributed by atoms with Crippen molar-refractivity contribution >= 4 is 6.02 Å². The van der Waals surface area contributed by atoms with Crippen molar-refractivity contribution in [3.63, 3.8) is 0 Å². The van der Waals surface area contributed by atoms with E-state index < -0.39 is 0 Å². The molecule has 0 aromatic carbocycles. The molecular weight excluding hydrogens is 190 g/mol. The second-order valence-corrected chi connectivity index (χ2v) is 4.92. The van der Waals surface area contributed by atoms with Gasteiger partial charge in [0, 0.05) is 19.0 Å². The van der Waals surface area contributed by atoms with Gasteiger partial charge in [0.25, 0.3) is 6.02 Å². The summed E-state index contributed by atoms with van der Waals surface area (Å²) in [5.74, 6) is 0. The fraction of sp³-hybridized carbons (Fsp3) is 0.909. The number of nitrogens with zero attached hydrogens (tertiary/aromatic N) is 2. The van der Waals surface area contributed by atoms with Crippen LogP contribution in [0.15, 0.2) is 4.99 Å². The average molecular weight is 211 g/mol. The Kier molecular flexibility index (Phi) is 2.87. The molecule has 1 unspecified atom stereocenters. The van der Waals surface area contributed by atoms with Crippen LogP contribution in [-0.2, 0) is 4.74 Å². The summed E-state index contributed by atoms with van der Waals surface area (Å²) in [5.41, 5.74) is 5.52. The van der Waals surface area contributed by atoms with Crippen LogP contribution in [-0.4, -0.2) is 42.2 Å². The lowest BCUT2D eigenvalue weighted by Gasteiger charge is -2.27. The quantitative estimate of drug-likeness (QED) is 0.703. The second-order valence-electron chi connectivity index (χ2n) is 4.92. The van der Waals surface area contributed by atoms with Crippen molar-refractivity contribution in [2.24, 2.45) is 10.7 Å². The zero-order chi connectivity index (χ0) is 10.9. The minimum atomic E-state index is -0.0757. The number of nitrogens with two attached hydrogens (primary N) is 1. The first kappa shape index (κ1) is 10.7. The fourth-order valence-corrected chi connectivity index (χ4v) is 2.47. The van der Waals surface area contributed by atoms with E-state index in [1.54, 1.807) is 0 Å². The van der Waals surface area contributed by atoms with Crippen LogP contribution in [0.3, 0.4) is 0 Å². The molecule has 2 rings (SSSR count). The summed E-state index contributed by atoms with van der Waals surface area (Å²) < 4.78 is 5.70. The number of amidine groups is 1. The molecule has 4 nitrogen and oxygen atoms in total. The molecule has 2 heterocycles. The van der Waals surface area contributed by atoms with Gasteiger partial charge in [0.15, 0.2) is 0 Å². The average Bonchev–Trinajstić information content (AvgIpc) is 2.43. The lowest BCUT2D eigenvalue weighted by atomic mass is 9.95. The van der Waals surface area contributed by atoms with Crippen LogP contribution >= 0.6 is 0 Å². The molecule has 0 aliphatic carbocycles. The summed E-state index contributed by atoms with van der Waals surface area (Å²) in [6, 6.07) is 1.01. The topological polar surface area (TPSA) is 50.8 Å². The van der Waals surface area contributed by atoms with E-state index in [0.717, 1.165) is 25.9 Å². The normalized spacial score (nSPS) is 32.9. The van der Waals surface area contributed by atoms with Crippen LogP contribution in [0.4, 0.5) is 0 Å². The van der Waals surface area contributed by atoms with Crippen molar-refractivity contribution in [1.82, 2.24) is 4.90 Å². The Labute approximate surface area is 91.5 Å². The molecule has 2 N–H and O–H groups in total. The zero-order valence-corrected chi connectivity index (χ0v) is 9.70. The molecule has 0 aromatic rings. The summed E-state index contributed by atoms with van der Waals surface area (Å²) in [5, 5.41) is 0. The van der Waals surface area contributed by atoms with Crippen molar-refractivity contribution in [2.75, 3.05) is 19.6 Å². The third-order valence-electron chi connectivity index (χ3n) is 3.51. The molecular formula is C11H21N3O. The fourth-order valence-electron chi connectivity index (χ4n) is 2.47. The van der Waals surface area contributed by atoms with Gasteiger partial charge in [-0.25, -0.2) is 4.99 Å². The van der Waals surface area contributed by atoms with Crippen LogP contribution in [0, 0.1) is 0 Å². The Morgan fingerprint density at radius 2 is 2.20 bits per heavy atom. The van der Waals surface area contributed by atoms with Crippen molar-refractivity contribution in [1.29, 1.82) is 0 Å². The number of aliphatic imine (C=N–C) groups is 1. The Bertz CT molecular complexity index is 265. The van der Waals surface area contributed by atoms with Gasteiger partial charge in [0.1, 0.15) is 5.60 Å². The van der Waals surface area contributed by atoms with Crippen molar-refractivity contribution in [3.8, 4) is 0 Å². The number of hydrogen-bond donors (Lipinski definition) is 1. The third kappa shape index (κ3) is 2.25. The molecule has 0 amide bonds. The predicted octanol–water partition coefficient (Wildman–Crippen LogP) is 0.964. The second kappa shape index (κ2) is 4.00. The highest BCUT2D eigenvalue weighted by Gasteiger charge is 2.38. The van der Waals surface area contributed by atoms with Gasteiger partial charge in [-0.05, 0) is 33.2 Å². The maximum atomic E-state index is 5.70. The minimum absolute atomic E-state index is 0.0757. The minimum Gasteiger partial charge on any atom is -0.457 e. The van der Waals surface area contributed by atoms with Crippen molar-refractivity contribution in [2.45, 2.75) is 44.8 Å². The summed E-state index contributed by atoms with van der Waals surface area (Å²) in [6.45, 7) is 7.52. The molecule has 1 spiro atoms. The van der Waals surface area contributed by atoms with Crippen LogP contribution < -0.4 is 5.73 Å². The van der Waals surface area contributed by atoms with E-state index in [1.807, 2.05) is 0 Å². The van der Waals surface area contributed by atoms with E-state index in [-0.39, 0.29) is 5.60 Å². The molecule has 15 heavy (non-hydrogen) atoms. The third-order valence-corrected chi connectivity index (χ3v) is 3.51. The number of likely N-dealkylation sites (tertiary alicyclic amines) is 1. The predicted molar refractivity (Wildman–Crippen MR) is 60.9 cm³/mol. The van der Waals surface area contributed by atoms with E-state index in [9.17, 15) is 0 Å². The van der Waals surface area contributed by atoms with E-state index in [4.69, 9.17) is 10.5 Å². The monoisotopic (exact) mass is 211 g/mol. The standard InChI is InChI=1S/C11H21N3O/c1-9(2)14-6-3-4-11(5-7-14)8-13-10(12)15-11/h9H,3-8H2,1-2H3,(H2,12,13). The molecule has 0 aromatic heterocycles. The summed E-state index contributed by atoms with van der Waals surface area (Å²) in [7, 11) is 0. The zero-order valence-electron chi connectivity index (χ0n) is 9.70. The lowest BCUT2D eigenvalue weighted by molar-refractivity contribution is 0.0675. The molecule has 2 aliphatic rings. The van der Waals surface area contributed by atoms with Gasteiger partial charge >= 0.3 is 0 Å². The van der Waals surface area contributed by atoms with E-state index in [1.165, 1.54) is 13.0 Å². The largest absolute Gasteiger partial charge is 0.457 e. The van der Waals surface area contributed by atoms with Crippen molar-refractivity contribution < 1.29 is 4.74 Å². The molecule has 1 fully saturated rings. The smallest absolute Gasteiger partial charge is 0.282 e. The van der Waals surface area contributed by atoms with Crippen LogP contribution in [0.25, 0.3) is 0 Å². The van der Waals surface area contributed by atoms with E-state index in [0.29, 0.717) is 12.1 Å². The van der Waals surface area contributed by atoms with Gasteiger partial charge in [-0.2, -0.15) is 0 Å². The molecule has 0 saturated carbocycles. The van der Waals surface area contributed by atoms with Gasteiger partial charge in [0.2, 0.25) is 0 Å². The van der Waals surface area contributed by atoms with Crippen LogP contribution in [0.2, 0.25) is 0 Å². The highest BCUT2D eigenvalue weighted by Crippen LogP contribution is 2.30.